The second kappa shape index (κ2) is 4.10. The van der Waals surface area contributed by atoms with Gasteiger partial charge in [0.25, 0.3) is 0 Å². The highest BCUT2D eigenvalue weighted by Crippen LogP contribution is 2.31. The standard InChI is InChI=1S/C9H6ClF3O2/c1-15-8(14)9(12,13)5-2-3-7(11)6(10)4-5/h2-4H,1H3. The monoisotopic (exact) mass is 238 g/mol. The van der Waals surface area contributed by atoms with Crippen LogP contribution in [-0.4, -0.2) is 13.1 Å². The summed E-state index contributed by atoms with van der Waals surface area (Å²) < 4.78 is 43.0. The molecular weight excluding hydrogens is 233 g/mol. The molecule has 0 fully saturated rings. The number of carbonyl (C=O) groups excluding carboxylic acids is 1. The van der Waals surface area contributed by atoms with Gasteiger partial charge >= 0.3 is 11.9 Å². The molecule has 0 aromatic heterocycles. The first-order valence-corrected chi connectivity index (χ1v) is 4.19. The van der Waals surface area contributed by atoms with Crippen molar-refractivity contribution in [1.29, 1.82) is 0 Å². The zero-order valence-corrected chi connectivity index (χ0v) is 8.32. The van der Waals surface area contributed by atoms with E-state index in [1.807, 2.05) is 0 Å². The van der Waals surface area contributed by atoms with Gasteiger partial charge < -0.3 is 4.74 Å². The van der Waals surface area contributed by atoms with Gasteiger partial charge in [0, 0.05) is 5.56 Å². The van der Waals surface area contributed by atoms with E-state index in [0.29, 0.717) is 6.07 Å². The van der Waals surface area contributed by atoms with Gasteiger partial charge in [-0.3, -0.25) is 0 Å². The number of esters is 1. The number of carbonyl (C=O) groups is 1. The van der Waals surface area contributed by atoms with Crippen LogP contribution in [0.2, 0.25) is 5.02 Å². The topological polar surface area (TPSA) is 26.3 Å². The van der Waals surface area contributed by atoms with E-state index < -0.39 is 28.3 Å². The Hall–Kier alpha value is -1.23. The van der Waals surface area contributed by atoms with E-state index in [2.05, 4.69) is 4.74 Å². The third-order valence-corrected chi connectivity index (χ3v) is 2.01. The molecule has 0 saturated carbocycles. The predicted octanol–water partition coefficient (Wildman–Crippen LogP) is 2.74. The summed E-state index contributed by atoms with van der Waals surface area (Å²) in [5, 5.41) is -0.476. The van der Waals surface area contributed by atoms with Crippen LogP contribution < -0.4 is 0 Å². The van der Waals surface area contributed by atoms with E-state index in [0.717, 1.165) is 19.2 Å². The van der Waals surface area contributed by atoms with Crippen molar-refractivity contribution in [3.63, 3.8) is 0 Å². The molecule has 0 unspecified atom stereocenters. The second-order valence-electron chi connectivity index (χ2n) is 2.69. The van der Waals surface area contributed by atoms with Crippen LogP contribution in [0.5, 0.6) is 0 Å². The van der Waals surface area contributed by atoms with Gasteiger partial charge in [0.15, 0.2) is 0 Å². The molecule has 0 aliphatic rings. The van der Waals surface area contributed by atoms with Crippen LogP contribution in [0.1, 0.15) is 5.56 Å². The van der Waals surface area contributed by atoms with Crippen molar-refractivity contribution >= 4 is 17.6 Å². The minimum atomic E-state index is -3.83. The van der Waals surface area contributed by atoms with Crippen LogP contribution >= 0.6 is 11.6 Å². The van der Waals surface area contributed by atoms with Gasteiger partial charge in [-0.15, -0.1) is 0 Å². The number of hydrogen-bond acceptors (Lipinski definition) is 2. The van der Waals surface area contributed by atoms with Crippen LogP contribution in [0.25, 0.3) is 0 Å². The molecule has 0 spiro atoms. The molecule has 0 atom stereocenters. The minimum Gasteiger partial charge on any atom is -0.464 e. The summed E-state index contributed by atoms with van der Waals surface area (Å²) in [6.07, 6.45) is 0. The van der Waals surface area contributed by atoms with Gasteiger partial charge in [0.1, 0.15) is 5.82 Å². The highest BCUT2D eigenvalue weighted by molar-refractivity contribution is 6.30. The number of rotatable bonds is 2. The van der Waals surface area contributed by atoms with E-state index in [4.69, 9.17) is 11.6 Å². The van der Waals surface area contributed by atoms with E-state index >= 15 is 0 Å². The molecular formula is C9H6ClF3O2. The number of ether oxygens (including phenoxy) is 1. The fraction of sp³-hybridized carbons (Fsp3) is 0.222. The van der Waals surface area contributed by atoms with Gasteiger partial charge in [0.2, 0.25) is 0 Å². The third-order valence-electron chi connectivity index (χ3n) is 1.72. The number of alkyl halides is 2. The number of halogens is 4. The predicted molar refractivity (Wildman–Crippen MR) is 47.3 cm³/mol. The van der Waals surface area contributed by atoms with Gasteiger partial charge in [-0.25, -0.2) is 9.18 Å². The highest BCUT2D eigenvalue weighted by Gasteiger charge is 2.42. The number of benzene rings is 1. The lowest BCUT2D eigenvalue weighted by Crippen LogP contribution is -2.27. The Kier molecular flexibility index (Phi) is 3.24. The van der Waals surface area contributed by atoms with Crippen molar-refractivity contribution < 1.29 is 22.7 Å². The first-order chi connectivity index (χ1) is 6.89. The molecule has 2 nitrogen and oxygen atoms in total. The Bertz CT molecular complexity index is 393. The van der Waals surface area contributed by atoms with Crippen molar-refractivity contribution in [2.24, 2.45) is 0 Å². The lowest BCUT2D eigenvalue weighted by molar-refractivity contribution is -0.170. The van der Waals surface area contributed by atoms with Crippen LogP contribution in [0.4, 0.5) is 13.2 Å². The van der Waals surface area contributed by atoms with E-state index in [1.54, 1.807) is 0 Å². The maximum Gasteiger partial charge on any atom is 0.381 e. The summed E-state index contributed by atoms with van der Waals surface area (Å²) in [6.45, 7) is 0. The summed E-state index contributed by atoms with van der Waals surface area (Å²) in [5.74, 6) is -6.38. The highest BCUT2D eigenvalue weighted by atomic mass is 35.5. The van der Waals surface area contributed by atoms with Crippen molar-refractivity contribution in [3.05, 3.63) is 34.6 Å². The molecule has 0 heterocycles. The molecule has 0 aliphatic heterocycles. The fourth-order valence-electron chi connectivity index (χ4n) is 0.937. The molecule has 0 bridgehead atoms. The largest absolute Gasteiger partial charge is 0.464 e. The quantitative estimate of drug-likeness (QED) is 0.741. The molecule has 0 amide bonds. The second-order valence-corrected chi connectivity index (χ2v) is 3.10. The molecule has 15 heavy (non-hydrogen) atoms. The lowest BCUT2D eigenvalue weighted by Gasteiger charge is -2.13. The van der Waals surface area contributed by atoms with Crippen LogP contribution in [0.15, 0.2) is 18.2 Å². The van der Waals surface area contributed by atoms with Crippen LogP contribution in [0.3, 0.4) is 0 Å². The fourth-order valence-corrected chi connectivity index (χ4v) is 1.12. The summed E-state index contributed by atoms with van der Waals surface area (Å²) in [6, 6.07) is 2.22. The van der Waals surface area contributed by atoms with Gasteiger partial charge in [-0.1, -0.05) is 11.6 Å². The van der Waals surface area contributed by atoms with Crippen molar-refractivity contribution in [1.82, 2.24) is 0 Å². The Morgan fingerprint density at radius 3 is 2.53 bits per heavy atom. The van der Waals surface area contributed by atoms with Crippen molar-refractivity contribution in [3.8, 4) is 0 Å². The lowest BCUT2D eigenvalue weighted by atomic mass is 10.1. The Morgan fingerprint density at radius 1 is 1.47 bits per heavy atom. The minimum absolute atomic E-state index is 0.476. The molecule has 0 aliphatic carbocycles. The molecule has 1 aromatic carbocycles. The Labute approximate surface area is 88.6 Å². The van der Waals surface area contributed by atoms with Crippen molar-refractivity contribution in [2.75, 3.05) is 7.11 Å². The van der Waals surface area contributed by atoms with E-state index in [9.17, 15) is 18.0 Å². The molecule has 82 valence electrons. The first kappa shape index (κ1) is 11.8. The Morgan fingerprint density at radius 2 is 2.07 bits per heavy atom. The summed E-state index contributed by atoms with van der Waals surface area (Å²) in [4.78, 5) is 10.7. The van der Waals surface area contributed by atoms with E-state index in [1.165, 1.54) is 0 Å². The smallest absolute Gasteiger partial charge is 0.381 e. The van der Waals surface area contributed by atoms with E-state index in [-0.39, 0.29) is 0 Å². The van der Waals surface area contributed by atoms with Crippen LogP contribution in [0, 0.1) is 5.82 Å². The maximum absolute atomic E-state index is 13.2. The normalized spacial score (nSPS) is 11.3. The maximum atomic E-state index is 13.2. The molecule has 6 heteroatoms. The van der Waals surface area contributed by atoms with Gasteiger partial charge in [-0.2, -0.15) is 8.78 Å². The van der Waals surface area contributed by atoms with Crippen molar-refractivity contribution in [2.45, 2.75) is 5.92 Å². The molecule has 1 aromatic rings. The third kappa shape index (κ3) is 2.23. The first-order valence-electron chi connectivity index (χ1n) is 3.81. The SMILES string of the molecule is COC(=O)C(F)(F)c1ccc(F)c(Cl)c1. The molecule has 0 saturated heterocycles. The van der Waals surface area contributed by atoms with Crippen LogP contribution in [-0.2, 0) is 15.5 Å². The summed E-state index contributed by atoms with van der Waals surface area (Å²) in [5.41, 5.74) is -0.708. The summed E-state index contributed by atoms with van der Waals surface area (Å²) >= 11 is 5.31. The number of hydrogen-bond donors (Lipinski definition) is 0. The average molecular weight is 239 g/mol. The average Bonchev–Trinajstić information content (AvgIpc) is 2.20. The molecule has 0 N–H and O–H groups in total. The zero-order chi connectivity index (χ0) is 11.6. The van der Waals surface area contributed by atoms with Gasteiger partial charge in [0.05, 0.1) is 12.1 Å². The molecule has 0 radical (unpaired) electrons. The summed E-state index contributed by atoms with van der Waals surface area (Å²) in [7, 11) is 0.835. The Balaban J connectivity index is 3.16. The number of methoxy groups -OCH3 is 1. The zero-order valence-electron chi connectivity index (χ0n) is 7.56. The molecule has 1 rings (SSSR count). The van der Waals surface area contributed by atoms with Gasteiger partial charge in [-0.05, 0) is 18.2 Å².